The predicted molar refractivity (Wildman–Crippen MR) is 123 cm³/mol. The number of hydrogen-bond acceptors (Lipinski definition) is 4. The summed E-state index contributed by atoms with van der Waals surface area (Å²) in [6.07, 6.45) is 1.49. The van der Waals surface area contributed by atoms with Crippen molar-refractivity contribution >= 4 is 45.2 Å². The highest BCUT2D eigenvalue weighted by molar-refractivity contribution is 9.10. The maximum atomic E-state index is 12.4. The van der Waals surface area contributed by atoms with Crippen molar-refractivity contribution in [2.45, 2.75) is 6.61 Å². The van der Waals surface area contributed by atoms with Crippen molar-refractivity contribution < 1.29 is 9.53 Å². The van der Waals surface area contributed by atoms with Gasteiger partial charge in [0.25, 0.3) is 5.91 Å². The summed E-state index contributed by atoms with van der Waals surface area (Å²) in [5, 5.41) is 21.8. The van der Waals surface area contributed by atoms with Gasteiger partial charge in [-0.2, -0.15) is 10.5 Å². The smallest absolute Gasteiger partial charge is 0.266 e. The predicted octanol–water partition coefficient (Wildman–Crippen LogP) is 6.10. The van der Waals surface area contributed by atoms with Gasteiger partial charge in [-0.15, -0.1) is 0 Å². The Kier molecular flexibility index (Phi) is 7.45. The Labute approximate surface area is 193 Å². The first-order chi connectivity index (χ1) is 15.0. The molecule has 0 aromatic heterocycles. The molecule has 0 spiro atoms. The second-order valence-corrected chi connectivity index (χ2v) is 7.67. The van der Waals surface area contributed by atoms with Gasteiger partial charge in [0.2, 0.25) is 0 Å². The number of rotatable bonds is 6. The van der Waals surface area contributed by atoms with Crippen LogP contribution < -0.4 is 10.1 Å². The van der Waals surface area contributed by atoms with Crippen molar-refractivity contribution in [1.29, 1.82) is 10.5 Å². The molecule has 1 amide bonds. The quantitative estimate of drug-likeness (QED) is 0.333. The van der Waals surface area contributed by atoms with E-state index in [0.717, 1.165) is 5.56 Å². The lowest BCUT2D eigenvalue weighted by molar-refractivity contribution is -0.112. The SMILES string of the molecule is N#C/C(=C/c1ccc(OCc2ccccc2C#N)c(Br)c1)C(=O)Nc1ccc(Cl)cc1. The number of carbonyl (C=O) groups excluding carboxylic acids is 1. The minimum absolute atomic E-state index is 0.0431. The second-order valence-electron chi connectivity index (χ2n) is 6.38. The third-order valence-corrected chi connectivity index (χ3v) is 5.13. The molecule has 0 atom stereocenters. The first-order valence-corrected chi connectivity index (χ1v) is 10.3. The van der Waals surface area contributed by atoms with E-state index < -0.39 is 5.91 Å². The molecule has 3 aromatic rings. The van der Waals surface area contributed by atoms with E-state index in [-0.39, 0.29) is 12.2 Å². The minimum Gasteiger partial charge on any atom is -0.488 e. The van der Waals surface area contributed by atoms with Gasteiger partial charge in [-0.05, 0) is 70.0 Å². The number of nitrogens with one attached hydrogen (secondary N) is 1. The molecule has 152 valence electrons. The van der Waals surface area contributed by atoms with Crippen molar-refractivity contribution in [3.8, 4) is 17.9 Å². The van der Waals surface area contributed by atoms with Gasteiger partial charge in [0.05, 0.1) is 16.1 Å². The van der Waals surface area contributed by atoms with Gasteiger partial charge >= 0.3 is 0 Å². The molecule has 0 aliphatic heterocycles. The van der Waals surface area contributed by atoms with Crippen LogP contribution in [0, 0.1) is 22.7 Å². The van der Waals surface area contributed by atoms with E-state index in [2.05, 4.69) is 27.3 Å². The molecule has 0 saturated heterocycles. The van der Waals surface area contributed by atoms with Crippen LogP contribution in [0.3, 0.4) is 0 Å². The summed E-state index contributed by atoms with van der Waals surface area (Å²) in [5.74, 6) is 0.0587. The molecular weight excluding hydrogens is 478 g/mol. The Balaban J connectivity index is 1.72. The summed E-state index contributed by atoms with van der Waals surface area (Å²) in [7, 11) is 0. The highest BCUT2D eigenvalue weighted by atomic mass is 79.9. The lowest BCUT2D eigenvalue weighted by atomic mass is 10.1. The summed E-state index contributed by atoms with van der Waals surface area (Å²) in [4.78, 5) is 12.4. The van der Waals surface area contributed by atoms with Gasteiger partial charge in [0, 0.05) is 16.3 Å². The Morgan fingerprint density at radius 3 is 2.52 bits per heavy atom. The third-order valence-electron chi connectivity index (χ3n) is 4.26. The Bertz CT molecular complexity index is 1220. The number of ether oxygens (including phenoxy) is 1. The van der Waals surface area contributed by atoms with Crippen LogP contribution in [-0.4, -0.2) is 5.91 Å². The number of nitrogens with zero attached hydrogens (tertiary/aromatic N) is 2. The number of carbonyl (C=O) groups is 1. The van der Waals surface area contributed by atoms with E-state index in [1.165, 1.54) is 6.08 Å². The number of halogens is 2. The first kappa shape index (κ1) is 22.1. The van der Waals surface area contributed by atoms with Gasteiger partial charge < -0.3 is 10.1 Å². The van der Waals surface area contributed by atoms with Crippen molar-refractivity contribution in [1.82, 2.24) is 0 Å². The number of anilines is 1. The average molecular weight is 493 g/mol. The molecule has 0 bridgehead atoms. The third kappa shape index (κ3) is 5.96. The molecule has 5 nitrogen and oxygen atoms in total. The van der Waals surface area contributed by atoms with Gasteiger partial charge in [0.1, 0.15) is 24.0 Å². The van der Waals surface area contributed by atoms with E-state index in [1.54, 1.807) is 54.6 Å². The largest absolute Gasteiger partial charge is 0.488 e. The summed E-state index contributed by atoms with van der Waals surface area (Å²) in [5.41, 5.74) is 2.49. The van der Waals surface area contributed by atoms with Crippen LogP contribution in [0.5, 0.6) is 5.75 Å². The fourth-order valence-corrected chi connectivity index (χ4v) is 3.32. The van der Waals surface area contributed by atoms with Crippen LogP contribution >= 0.6 is 27.5 Å². The van der Waals surface area contributed by atoms with Crippen LogP contribution in [0.2, 0.25) is 5.02 Å². The molecule has 3 aromatic carbocycles. The molecule has 0 fully saturated rings. The van der Waals surface area contributed by atoms with Gasteiger partial charge in [0.15, 0.2) is 0 Å². The molecule has 1 N–H and O–H groups in total. The van der Waals surface area contributed by atoms with E-state index in [0.29, 0.717) is 32.1 Å². The summed E-state index contributed by atoms with van der Waals surface area (Å²) in [6.45, 7) is 0.241. The lowest BCUT2D eigenvalue weighted by Crippen LogP contribution is -2.13. The lowest BCUT2D eigenvalue weighted by Gasteiger charge is -2.10. The Morgan fingerprint density at radius 2 is 1.84 bits per heavy atom. The van der Waals surface area contributed by atoms with E-state index in [1.807, 2.05) is 18.2 Å². The van der Waals surface area contributed by atoms with Crippen molar-refractivity contribution in [3.05, 3.63) is 98.5 Å². The number of benzene rings is 3. The van der Waals surface area contributed by atoms with Crippen molar-refractivity contribution in [2.75, 3.05) is 5.32 Å². The number of nitriles is 2. The van der Waals surface area contributed by atoms with Crippen LogP contribution in [0.15, 0.2) is 76.8 Å². The van der Waals surface area contributed by atoms with Crippen LogP contribution in [0.25, 0.3) is 6.08 Å². The maximum Gasteiger partial charge on any atom is 0.266 e. The first-order valence-electron chi connectivity index (χ1n) is 9.09. The zero-order chi connectivity index (χ0) is 22.2. The molecule has 3 rings (SSSR count). The minimum atomic E-state index is -0.519. The molecule has 0 unspecified atom stereocenters. The zero-order valence-corrected chi connectivity index (χ0v) is 18.4. The summed E-state index contributed by atoms with van der Waals surface area (Å²) >= 11 is 9.29. The van der Waals surface area contributed by atoms with Crippen LogP contribution in [0.4, 0.5) is 5.69 Å². The molecule has 0 aliphatic carbocycles. The molecule has 31 heavy (non-hydrogen) atoms. The van der Waals surface area contributed by atoms with Crippen LogP contribution in [0.1, 0.15) is 16.7 Å². The second kappa shape index (κ2) is 10.4. The van der Waals surface area contributed by atoms with E-state index in [4.69, 9.17) is 16.3 Å². The number of hydrogen-bond donors (Lipinski definition) is 1. The standard InChI is InChI=1S/C24H15BrClN3O2/c25-22-12-16(5-10-23(22)31-15-18-4-2-1-3-17(18)13-27)11-19(14-28)24(30)29-21-8-6-20(26)7-9-21/h1-12H,15H2,(H,29,30)/b19-11-. The average Bonchev–Trinajstić information content (AvgIpc) is 2.78. The molecule has 0 radical (unpaired) electrons. The van der Waals surface area contributed by atoms with Crippen molar-refractivity contribution in [2.24, 2.45) is 0 Å². The molecule has 0 aliphatic rings. The maximum absolute atomic E-state index is 12.4. The zero-order valence-electron chi connectivity index (χ0n) is 16.1. The summed E-state index contributed by atoms with van der Waals surface area (Å²) in [6, 6.07) is 23.1. The summed E-state index contributed by atoms with van der Waals surface area (Å²) < 4.78 is 6.47. The van der Waals surface area contributed by atoms with Gasteiger partial charge in [-0.25, -0.2) is 0 Å². The Hall–Kier alpha value is -3.58. The highest BCUT2D eigenvalue weighted by Gasteiger charge is 2.11. The van der Waals surface area contributed by atoms with E-state index in [9.17, 15) is 15.3 Å². The molecular formula is C24H15BrClN3O2. The fourth-order valence-electron chi connectivity index (χ4n) is 2.68. The molecule has 0 heterocycles. The monoisotopic (exact) mass is 491 g/mol. The topological polar surface area (TPSA) is 85.9 Å². The fraction of sp³-hybridized carbons (Fsp3) is 0.0417. The van der Waals surface area contributed by atoms with Gasteiger partial charge in [-0.1, -0.05) is 35.9 Å². The van der Waals surface area contributed by atoms with Crippen molar-refractivity contribution in [3.63, 3.8) is 0 Å². The van der Waals surface area contributed by atoms with Gasteiger partial charge in [-0.3, -0.25) is 4.79 Å². The Morgan fingerprint density at radius 1 is 1.10 bits per heavy atom. The normalized spacial score (nSPS) is 10.6. The highest BCUT2D eigenvalue weighted by Crippen LogP contribution is 2.28. The van der Waals surface area contributed by atoms with E-state index >= 15 is 0 Å². The molecule has 0 saturated carbocycles. The van der Waals surface area contributed by atoms with Crippen LogP contribution in [-0.2, 0) is 11.4 Å². The molecule has 7 heteroatoms. The number of amides is 1.